The number of thiazole rings is 1. The van der Waals surface area contributed by atoms with E-state index in [1.54, 1.807) is 17.5 Å². The van der Waals surface area contributed by atoms with Crippen molar-refractivity contribution in [3.05, 3.63) is 45.9 Å². The molecule has 31 heavy (non-hydrogen) atoms. The Labute approximate surface area is 181 Å². The Balaban J connectivity index is 1.36. The molecule has 1 unspecified atom stereocenters. The molecular weight excluding hydrogens is 455 g/mol. The fraction of sp³-hybridized carbons (Fsp3) is 0.263. The van der Waals surface area contributed by atoms with Gasteiger partial charge in [0, 0.05) is 6.54 Å². The molecule has 1 N–H and O–H groups in total. The third-order valence-corrected chi connectivity index (χ3v) is 6.41. The van der Waals surface area contributed by atoms with Crippen LogP contribution in [0.1, 0.15) is 22.5 Å². The molecule has 1 aliphatic rings. The van der Waals surface area contributed by atoms with Crippen molar-refractivity contribution in [3.8, 4) is 0 Å². The van der Waals surface area contributed by atoms with Gasteiger partial charge in [-0.15, -0.1) is 11.3 Å². The number of esters is 1. The summed E-state index contributed by atoms with van der Waals surface area (Å²) >= 11 is 2.01. The van der Waals surface area contributed by atoms with Crippen LogP contribution in [0.4, 0.5) is 18.3 Å². The second kappa shape index (κ2) is 8.63. The number of ether oxygens (including phenoxy) is 1. The molecular formula is C19H14F3N3O4S2. The van der Waals surface area contributed by atoms with E-state index >= 15 is 0 Å². The zero-order chi connectivity index (χ0) is 22.1. The van der Waals surface area contributed by atoms with Gasteiger partial charge in [0.05, 0.1) is 9.58 Å². The third kappa shape index (κ3) is 4.26. The zero-order valence-electron chi connectivity index (χ0n) is 15.7. The highest BCUT2D eigenvalue weighted by molar-refractivity contribution is 7.22. The molecule has 0 bridgehead atoms. The molecule has 162 valence electrons. The zero-order valence-corrected chi connectivity index (χ0v) is 17.3. The molecule has 0 aliphatic carbocycles. The van der Waals surface area contributed by atoms with Crippen molar-refractivity contribution in [1.29, 1.82) is 0 Å². The fourth-order valence-electron chi connectivity index (χ4n) is 3.21. The van der Waals surface area contributed by atoms with E-state index in [1.165, 1.54) is 16.2 Å². The van der Waals surface area contributed by atoms with Crippen LogP contribution in [-0.4, -0.2) is 46.9 Å². The summed E-state index contributed by atoms with van der Waals surface area (Å²) in [4.78, 5) is 42.7. The molecule has 7 nitrogen and oxygen atoms in total. The van der Waals surface area contributed by atoms with Crippen LogP contribution in [0.15, 0.2) is 23.6 Å². The van der Waals surface area contributed by atoms with Crippen LogP contribution in [0.2, 0.25) is 0 Å². The quantitative estimate of drug-likeness (QED) is 0.456. The standard InChI is InChI=1S/C19H14F3N3O4S2/c20-9-7-12-16(15(22)14(9)21)24-19(31-12)23-13(26)8-29-18(28)10-3-1-5-25(10)17(27)11-4-2-6-30-11/h2,4,6-7,10H,1,3,5,8H2,(H,23,24,26). The minimum absolute atomic E-state index is 0.0115. The van der Waals surface area contributed by atoms with Crippen molar-refractivity contribution in [2.45, 2.75) is 18.9 Å². The number of aromatic nitrogens is 1. The number of hydrogen-bond donors (Lipinski definition) is 1. The number of anilines is 1. The number of thiophene rings is 1. The normalized spacial score (nSPS) is 16.0. The number of nitrogens with zero attached hydrogens (tertiary/aromatic N) is 2. The number of benzene rings is 1. The average molecular weight is 469 g/mol. The van der Waals surface area contributed by atoms with Gasteiger partial charge in [0.1, 0.15) is 11.6 Å². The maximum absolute atomic E-state index is 13.8. The van der Waals surface area contributed by atoms with Crippen LogP contribution in [0, 0.1) is 17.5 Å². The van der Waals surface area contributed by atoms with E-state index in [9.17, 15) is 27.6 Å². The number of amides is 2. The molecule has 1 saturated heterocycles. The molecule has 1 atom stereocenters. The van der Waals surface area contributed by atoms with Crippen LogP contribution in [-0.2, 0) is 14.3 Å². The van der Waals surface area contributed by atoms with Gasteiger partial charge in [0.15, 0.2) is 29.2 Å². The summed E-state index contributed by atoms with van der Waals surface area (Å²) in [7, 11) is 0. The van der Waals surface area contributed by atoms with Gasteiger partial charge in [-0.1, -0.05) is 17.4 Å². The molecule has 0 saturated carbocycles. The minimum atomic E-state index is -1.65. The van der Waals surface area contributed by atoms with Crippen LogP contribution in [0.5, 0.6) is 0 Å². The van der Waals surface area contributed by atoms with E-state index in [-0.39, 0.29) is 15.7 Å². The fourth-order valence-corrected chi connectivity index (χ4v) is 4.80. The summed E-state index contributed by atoms with van der Waals surface area (Å²) in [5, 5.41) is 3.96. The second-order valence-corrected chi connectivity index (χ2v) is 8.62. The van der Waals surface area contributed by atoms with E-state index in [1.807, 2.05) is 0 Å². The monoisotopic (exact) mass is 469 g/mol. The molecule has 12 heteroatoms. The van der Waals surface area contributed by atoms with Gasteiger partial charge in [-0.25, -0.2) is 22.9 Å². The maximum atomic E-state index is 13.8. The first kappa shape index (κ1) is 21.2. The molecule has 0 radical (unpaired) electrons. The molecule has 1 aromatic carbocycles. The van der Waals surface area contributed by atoms with Crippen LogP contribution in [0.3, 0.4) is 0 Å². The lowest BCUT2D eigenvalue weighted by molar-refractivity contribution is -0.151. The lowest BCUT2D eigenvalue weighted by atomic mass is 10.2. The number of nitrogens with one attached hydrogen (secondary N) is 1. The first-order valence-electron chi connectivity index (χ1n) is 9.10. The van der Waals surface area contributed by atoms with Crippen molar-refractivity contribution >= 4 is 55.8 Å². The van der Waals surface area contributed by atoms with Gasteiger partial charge in [-0.3, -0.25) is 14.9 Å². The number of fused-ring (bicyclic) bond motifs is 1. The van der Waals surface area contributed by atoms with E-state index in [0.717, 1.165) is 17.4 Å². The van der Waals surface area contributed by atoms with Crippen LogP contribution >= 0.6 is 22.7 Å². The number of carbonyl (C=O) groups excluding carboxylic acids is 3. The van der Waals surface area contributed by atoms with E-state index in [4.69, 9.17) is 4.74 Å². The predicted octanol–water partition coefficient (Wildman–Crippen LogP) is 3.56. The van der Waals surface area contributed by atoms with Gasteiger partial charge >= 0.3 is 5.97 Å². The number of hydrogen-bond acceptors (Lipinski definition) is 7. The first-order chi connectivity index (χ1) is 14.8. The highest BCUT2D eigenvalue weighted by atomic mass is 32.1. The molecule has 0 spiro atoms. The summed E-state index contributed by atoms with van der Waals surface area (Å²) in [5.41, 5.74) is -0.412. The van der Waals surface area contributed by atoms with Crippen LogP contribution < -0.4 is 5.32 Å². The van der Waals surface area contributed by atoms with Crippen molar-refractivity contribution in [3.63, 3.8) is 0 Å². The molecule has 2 aromatic heterocycles. The molecule has 1 aliphatic heterocycles. The van der Waals surface area contributed by atoms with Crippen molar-refractivity contribution in [2.75, 3.05) is 18.5 Å². The molecule has 1 fully saturated rings. The average Bonchev–Trinajstić information content (AvgIpc) is 3.50. The van der Waals surface area contributed by atoms with Gasteiger partial charge in [-0.2, -0.15) is 0 Å². The Kier molecular flexibility index (Phi) is 5.92. The third-order valence-electron chi connectivity index (χ3n) is 4.63. The number of rotatable bonds is 5. The molecule has 3 aromatic rings. The summed E-state index contributed by atoms with van der Waals surface area (Å²) in [6.45, 7) is -0.245. The highest BCUT2D eigenvalue weighted by Crippen LogP contribution is 2.30. The SMILES string of the molecule is O=C(COC(=O)C1CCCN1C(=O)c1cccs1)Nc1nc2c(F)c(F)c(F)cc2s1. The summed E-state index contributed by atoms with van der Waals surface area (Å²) < 4.78 is 45.4. The predicted molar refractivity (Wildman–Crippen MR) is 107 cm³/mol. The van der Waals surface area contributed by atoms with E-state index < -0.39 is 47.5 Å². The van der Waals surface area contributed by atoms with Gasteiger partial charge < -0.3 is 9.64 Å². The van der Waals surface area contributed by atoms with E-state index in [0.29, 0.717) is 24.3 Å². The van der Waals surface area contributed by atoms with Gasteiger partial charge in [0.25, 0.3) is 11.8 Å². The highest BCUT2D eigenvalue weighted by Gasteiger charge is 2.36. The largest absolute Gasteiger partial charge is 0.454 e. The van der Waals surface area contributed by atoms with Crippen molar-refractivity contribution < 1.29 is 32.3 Å². The van der Waals surface area contributed by atoms with Gasteiger partial charge in [0.2, 0.25) is 0 Å². The van der Waals surface area contributed by atoms with Crippen LogP contribution in [0.25, 0.3) is 10.2 Å². The Morgan fingerprint density at radius 1 is 1.26 bits per heavy atom. The summed E-state index contributed by atoms with van der Waals surface area (Å²) in [5.74, 6) is -6.20. The maximum Gasteiger partial charge on any atom is 0.329 e. The number of halogens is 3. The Hall–Kier alpha value is -2.99. The summed E-state index contributed by atoms with van der Waals surface area (Å²) in [6.07, 6.45) is 1.05. The Morgan fingerprint density at radius 3 is 2.81 bits per heavy atom. The Morgan fingerprint density at radius 2 is 2.06 bits per heavy atom. The molecule has 2 amide bonds. The van der Waals surface area contributed by atoms with Crippen molar-refractivity contribution in [2.24, 2.45) is 0 Å². The lowest BCUT2D eigenvalue weighted by Crippen LogP contribution is -2.41. The topological polar surface area (TPSA) is 88.6 Å². The first-order valence-corrected chi connectivity index (χ1v) is 10.8. The van der Waals surface area contributed by atoms with Gasteiger partial charge in [-0.05, 0) is 30.4 Å². The summed E-state index contributed by atoms with van der Waals surface area (Å²) in [6, 6.07) is 3.40. The number of likely N-dealkylation sites (tertiary alicyclic amines) is 1. The minimum Gasteiger partial charge on any atom is -0.454 e. The lowest BCUT2D eigenvalue weighted by Gasteiger charge is -2.22. The molecule has 4 rings (SSSR count). The van der Waals surface area contributed by atoms with Crippen molar-refractivity contribution in [1.82, 2.24) is 9.88 Å². The second-order valence-electron chi connectivity index (χ2n) is 6.64. The number of carbonyl (C=O) groups is 3. The smallest absolute Gasteiger partial charge is 0.329 e. The van der Waals surface area contributed by atoms with E-state index in [2.05, 4.69) is 10.3 Å². The Bertz CT molecular complexity index is 1170. The molecule has 3 heterocycles.